The highest BCUT2D eigenvalue weighted by Crippen LogP contribution is 2.17. The standard InChI is InChI=1S/C10H9IN2O2/c1-6-7(10(14)15-2)3-4-13-8(11)5-12-9(6)13/h3-5H,1-2H3. The number of halogens is 1. The van der Waals surface area contributed by atoms with Gasteiger partial charge >= 0.3 is 5.97 Å². The van der Waals surface area contributed by atoms with Gasteiger partial charge in [0, 0.05) is 11.8 Å². The average molecular weight is 316 g/mol. The number of aryl methyl sites for hydroxylation is 1. The van der Waals surface area contributed by atoms with E-state index in [1.807, 2.05) is 17.5 Å². The largest absolute Gasteiger partial charge is 0.465 e. The Kier molecular flexibility index (Phi) is 2.64. The number of ether oxygens (including phenoxy) is 1. The van der Waals surface area contributed by atoms with E-state index in [-0.39, 0.29) is 5.97 Å². The van der Waals surface area contributed by atoms with Crippen LogP contribution in [0.3, 0.4) is 0 Å². The second-order valence-corrected chi connectivity index (χ2v) is 4.23. The molecular weight excluding hydrogens is 307 g/mol. The Morgan fingerprint density at radius 1 is 1.60 bits per heavy atom. The van der Waals surface area contributed by atoms with Crippen molar-refractivity contribution in [1.29, 1.82) is 0 Å². The molecule has 4 nitrogen and oxygen atoms in total. The van der Waals surface area contributed by atoms with Crippen molar-refractivity contribution in [3.63, 3.8) is 0 Å². The zero-order chi connectivity index (χ0) is 11.0. The van der Waals surface area contributed by atoms with Crippen LogP contribution in [0.4, 0.5) is 0 Å². The van der Waals surface area contributed by atoms with Gasteiger partial charge in [-0.25, -0.2) is 9.78 Å². The molecule has 0 bridgehead atoms. The molecule has 78 valence electrons. The number of aromatic nitrogens is 2. The van der Waals surface area contributed by atoms with E-state index in [1.165, 1.54) is 7.11 Å². The van der Waals surface area contributed by atoms with Crippen molar-refractivity contribution < 1.29 is 9.53 Å². The van der Waals surface area contributed by atoms with Crippen LogP contribution in [0.2, 0.25) is 0 Å². The molecule has 5 heteroatoms. The van der Waals surface area contributed by atoms with Crippen molar-refractivity contribution in [3.05, 3.63) is 33.3 Å². The Balaban J connectivity index is 2.71. The minimum atomic E-state index is -0.326. The molecule has 15 heavy (non-hydrogen) atoms. The summed E-state index contributed by atoms with van der Waals surface area (Å²) in [6.07, 6.45) is 3.59. The van der Waals surface area contributed by atoms with Gasteiger partial charge in [0.05, 0.1) is 18.9 Å². The summed E-state index contributed by atoms with van der Waals surface area (Å²) in [5, 5.41) is 0. The summed E-state index contributed by atoms with van der Waals surface area (Å²) >= 11 is 2.19. The van der Waals surface area contributed by atoms with Gasteiger partial charge in [-0.05, 0) is 35.6 Å². The number of methoxy groups -OCH3 is 1. The topological polar surface area (TPSA) is 43.6 Å². The summed E-state index contributed by atoms with van der Waals surface area (Å²) in [7, 11) is 1.38. The summed E-state index contributed by atoms with van der Waals surface area (Å²) in [5.41, 5.74) is 2.20. The third-order valence-electron chi connectivity index (χ3n) is 2.29. The molecule has 0 unspecified atom stereocenters. The number of hydrogen-bond donors (Lipinski definition) is 0. The Labute approximate surface area is 100 Å². The molecule has 0 saturated heterocycles. The molecule has 0 fully saturated rings. The molecule has 2 rings (SSSR count). The molecule has 0 aliphatic carbocycles. The zero-order valence-electron chi connectivity index (χ0n) is 8.32. The Morgan fingerprint density at radius 2 is 2.33 bits per heavy atom. The van der Waals surface area contributed by atoms with Crippen molar-refractivity contribution in [2.75, 3.05) is 7.11 Å². The Bertz CT molecular complexity index is 533. The molecule has 0 aliphatic heterocycles. The predicted molar refractivity (Wildman–Crippen MR) is 64.0 cm³/mol. The molecule has 0 aromatic carbocycles. The van der Waals surface area contributed by atoms with Crippen LogP contribution in [-0.2, 0) is 4.74 Å². The van der Waals surface area contributed by atoms with E-state index in [4.69, 9.17) is 4.74 Å². The number of carbonyl (C=O) groups is 1. The number of esters is 1. The van der Waals surface area contributed by atoms with Gasteiger partial charge in [-0.15, -0.1) is 0 Å². The van der Waals surface area contributed by atoms with Gasteiger partial charge in [0.15, 0.2) is 0 Å². The minimum absolute atomic E-state index is 0.326. The number of rotatable bonds is 1. The second kappa shape index (κ2) is 3.80. The second-order valence-electron chi connectivity index (χ2n) is 3.12. The maximum Gasteiger partial charge on any atom is 0.338 e. The van der Waals surface area contributed by atoms with Gasteiger partial charge in [0.1, 0.15) is 9.35 Å². The first-order chi connectivity index (χ1) is 7.15. The van der Waals surface area contributed by atoms with Crippen molar-refractivity contribution in [2.24, 2.45) is 0 Å². The van der Waals surface area contributed by atoms with E-state index in [0.717, 1.165) is 14.9 Å². The monoisotopic (exact) mass is 316 g/mol. The highest BCUT2D eigenvalue weighted by molar-refractivity contribution is 14.1. The number of carbonyl (C=O) groups excluding carboxylic acids is 1. The van der Waals surface area contributed by atoms with Gasteiger partial charge in [-0.3, -0.25) is 4.40 Å². The van der Waals surface area contributed by atoms with Crippen molar-refractivity contribution in [1.82, 2.24) is 9.38 Å². The highest BCUT2D eigenvalue weighted by Gasteiger charge is 2.13. The van der Waals surface area contributed by atoms with Gasteiger partial charge in [0.25, 0.3) is 0 Å². The third-order valence-corrected chi connectivity index (χ3v) is 3.08. The number of pyridine rings is 1. The summed E-state index contributed by atoms with van der Waals surface area (Å²) in [4.78, 5) is 15.7. The van der Waals surface area contributed by atoms with E-state index < -0.39 is 0 Å². The fourth-order valence-corrected chi connectivity index (χ4v) is 2.01. The molecule has 0 saturated carbocycles. The third kappa shape index (κ3) is 1.60. The normalized spacial score (nSPS) is 10.6. The number of fused-ring (bicyclic) bond motifs is 1. The van der Waals surface area contributed by atoms with Crippen LogP contribution in [0, 0.1) is 10.6 Å². The zero-order valence-corrected chi connectivity index (χ0v) is 10.5. The van der Waals surface area contributed by atoms with Crippen LogP contribution in [-0.4, -0.2) is 22.5 Å². The van der Waals surface area contributed by atoms with Crippen molar-refractivity contribution >= 4 is 34.2 Å². The van der Waals surface area contributed by atoms with E-state index >= 15 is 0 Å². The van der Waals surface area contributed by atoms with Crippen LogP contribution >= 0.6 is 22.6 Å². The summed E-state index contributed by atoms with van der Waals surface area (Å²) in [6.45, 7) is 1.87. The molecule has 2 aromatic rings. The van der Waals surface area contributed by atoms with Crippen LogP contribution < -0.4 is 0 Å². The fraction of sp³-hybridized carbons (Fsp3) is 0.200. The van der Waals surface area contributed by atoms with E-state index in [9.17, 15) is 4.79 Å². The molecule has 2 heterocycles. The van der Waals surface area contributed by atoms with Gasteiger partial charge in [-0.2, -0.15) is 0 Å². The number of imidazole rings is 1. The maximum atomic E-state index is 11.4. The van der Waals surface area contributed by atoms with E-state index in [0.29, 0.717) is 5.56 Å². The number of nitrogens with zero attached hydrogens (tertiary/aromatic N) is 2. The van der Waals surface area contributed by atoms with Crippen LogP contribution in [0.1, 0.15) is 15.9 Å². The Hall–Kier alpha value is -1.11. The molecule has 0 radical (unpaired) electrons. The van der Waals surface area contributed by atoms with Crippen molar-refractivity contribution in [2.45, 2.75) is 6.92 Å². The van der Waals surface area contributed by atoms with Crippen molar-refractivity contribution in [3.8, 4) is 0 Å². The van der Waals surface area contributed by atoms with Gasteiger partial charge in [-0.1, -0.05) is 0 Å². The first kappa shape index (κ1) is 10.4. The van der Waals surface area contributed by atoms with Crippen LogP contribution in [0.25, 0.3) is 5.65 Å². The first-order valence-electron chi connectivity index (χ1n) is 4.35. The minimum Gasteiger partial charge on any atom is -0.465 e. The lowest BCUT2D eigenvalue weighted by Crippen LogP contribution is -2.05. The average Bonchev–Trinajstić information content (AvgIpc) is 2.61. The molecule has 0 aliphatic rings. The highest BCUT2D eigenvalue weighted by atomic mass is 127. The van der Waals surface area contributed by atoms with Gasteiger partial charge < -0.3 is 4.74 Å². The van der Waals surface area contributed by atoms with E-state index in [2.05, 4.69) is 27.6 Å². The number of hydrogen-bond acceptors (Lipinski definition) is 3. The summed E-state index contributed by atoms with van der Waals surface area (Å²) < 4.78 is 7.64. The summed E-state index contributed by atoms with van der Waals surface area (Å²) in [5.74, 6) is -0.326. The van der Waals surface area contributed by atoms with Crippen LogP contribution in [0.5, 0.6) is 0 Å². The molecule has 2 aromatic heterocycles. The summed E-state index contributed by atoms with van der Waals surface area (Å²) in [6, 6.07) is 1.75. The molecule has 0 spiro atoms. The first-order valence-corrected chi connectivity index (χ1v) is 5.43. The lowest BCUT2D eigenvalue weighted by Gasteiger charge is -2.05. The smallest absolute Gasteiger partial charge is 0.338 e. The van der Waals surface area contributed by atoms with Crippen LogP contribution in [0.15, 0.2) is 18.5 Å². The SMILES string of the molecule is COC(=O)c1ccn2c(I)cnc2c1C. The quantitative estimate of drug-likeness (QED) is 0.597. The molecule has 0 N–H and O–H groups in total. The fourth-order valence-electron chi connectivity index (χ4n) is 1.48. The van der Waals surface area contributed by atoms with Gasteiger partial charge in [0.2, 0.25) is 0 Å². The predicted octanol–water partition coefficient (Wildman–Crippen LogP) is 2.03. The maximum absolute atomic E-state index is 11.4. The molecule has 0 atom stereocenters. The molecule has 0 amide bonds. The molecular formula is C10H9IN2O2. The van der Waals surface area contributed by atoms with E-state index in [1.54, 1.807) is 12.3 Å². The Morgan fingerprint density at radius 3 is 3.00 bits per heavy atom. The lowest BCUT2D eigenvalue weighted by atomic mass is 10.1. The lowest BCUT2D eigenvalue weighted by molar-refractivity contribution is 0.0600.